The number of aromatic nitrogens is 2. The zero-order valence-electron chi connectivity index (χ0n) is 21.3. The van der Waals surface area contributed by atoms with E-state index in [2.05, 4.69) is 15.6 Å². The van der Waals surface area contributed by atoms with Crippen LogP contribution in [0.3, 0.4) is 0 Å². The summed E-state index contributed by atoms with van der Waals surface area (Å²) in [5.74, 6) is -0.853. The van der Waals surface area contributed by atoms with Crippen LogP contribution in [0.1, 0.15) is 42.4 Å². The normalized spacial score (nSPS) is 11.5. The van der Waals surface area contributed by atoms with E-state index >= 15 is 0 Å². The molecule has 0 saturated carbocycles. The molecule has 8 heteroatoms. The van der Waals surface area contributed by atoms with Crippen molar-refractivity contribution in [1.82, 2.24) is 9.55 Å². The Bertz CT molecular complexity index is 1480. The Morgan fingerprint density at radius 1 is 0.974 bits per heavy atom. The van der Waals surface area contributed by atoms with Crippen LogP contribution in [-0.4, -0.2) is 26.7 Å². The number of carbonyl (C=O) groups is 2. The third kappa shape index (κ3) is 6.53. The summed E-state index contributed by atoms with van der Waals surface area (Å²) in [7, 11) is 0. The van der Waals surface area contributed by atoms with Crippen LogP contribution in [0.15, 0.2) is 90.0 Å². The molecule has 1 atom stereocenters. The van der Waals surface area contributed by atoms with Gasteiger partial charge in [0, 0.05) is 29.3 Å². The van der Waals surface area contributed by atoms with Gasteiger partial charge in [0.25, 0.3) is 5.56 Å². The van der Waals surface area contributed by atoms with Gasteiger partial charge in [-0.2, -0.15) is 0 Å². The molecule has 8 nitrogen and oxygen atoms in total. The fourth-order valence-corrected chi connectivity index (χ4v) is 4.28. The number of benzene rings is 3. The van der Waals surface area contributed by atoms with Gasteiger partial charge in [-0.05, 0) is 54.2 Å². The van der Waals surface area contributed by atoms with Crippen molar-refractivity contribution in [3.8, 4) is 11.3 Å². The van der Waals surface area contributed by atoms with E-state index in [0.717, 1.165) is 28.8 Å². The maximum absolute atomic E-state index is 13.2. The molecule has 0 saturated heterocycles. The lowest BCUT2D eigenvalue weighted by molar-refractivity contribution is -0.137. The molecule has 38 heavy (non-hydrogen) atoms. The number of carboxylic acid groups (broad SMARTS) is 1. The molecule has 1 aromatic heterocycles. The highest BCUT2D eigenvalue weighted by atomic mass is 16.4. The lowest BCUT2D eigenvalue weighted by Crippen LogP contribution is -2.23. The highest BCUT2D eigenvalue weighted by Crippen LogP contribution is 2.24. The first-order valence-corrected chi connectivity index (χ1v) is 12.4. The fourth-order valence-electron chi connectivity index (χ4n) is 4.28. The molecule has 1 heterocycles. The molecule has 3 N–H and O–H groups in total. The summed E-state index contributed by atoms with van der Waals surface area (Å²) in [6.45, 7) is 4.26. The summed E-state index contributed by atoms with van der Waals surface area (Å²) in [6, 6.07) is 21.8. The first-order chi connectivity index (χ1) is 18.3. The second kappa shape index (κ2) is 12.0. The van der Waals surface area contributed by atoms with Gasteiger partial charge in [0.1, 0.15) is 5.69 Å². The number of amides is 2. The molecule has 0 unspecified atom stereocenters. The Labute approximate surface area is 221 Å². The monoisotopic (exact) mass is 510 g/mol. The molecule has 0 fully saturated rings. The zero-order valence-corrected chi connectivity index (χ0v) is 21.3. The van der Waals surface area contributed by atoms with Crippen LogP contribution in [0.5, 0.6) is 0 Å². The van der Waals surface area contributed by atoms with E-state index in [1.54, 1.807) is 41.2 Å². The lowest BCUT2D eigenvalue weighted by Gasteiger charge is -2.14. The number of aryl methyl sites for hydroxylation is 1. The molecule has 4 aromatic rings. The van der Waals surface area contributed by atoms with E-state index in [1.807, 2.05) is 62.4 Å². The van der Waals surface area contributed by atoms with E-state index in [4.69, 9.17) is 5.11 Å². The number of para-hydroxylation sites is 1. The number of hydrogen-bond donors (Lipinski definition) is 3. The van der Waals surface area contributed by atoms with E-state index < -0.39 is 5.97 Å². The van der Waals surface area contributed by atoms with E-state index in [-0.39, 0.29) is 23.9 Å². The number of nitrogens with one attached hydrogen (secondary N) is 2. The van der Waals surface area contributed by atoms with Gasteiger partial charge in [-0.15, -0.1) is 0 Å². The number of hydrogen-bond acceptors (Lipinski definition) is 4. The summed E-state index contributed by atoms with van der Waals surface area (Å²) in [5, 5.41) is 14.7. The standard InChI is InChI=1S/C30H30N4O4/c1-3-22(18-27(35)36)23-10-8-21(9-11-23)19-34-17-16-31-28(29(34)37)24-12-14-25(15-13-24)32-30(38)33-26-7-5-4-6-20(26)2/h4-17,22H,3,18-19H2,1-2H3,(H,35,36)(H2,32,33,38)/t22-/m1/s1. The molecule has 4 rings (SSSR count). The van der Waals surface area contributed by atoms with Crippen molar-refractivity contribution in [3.05, 3.63) is 112 Å². The second-order valence-corrected chi connectivity index (χ2v) is 9.12. The predicted molar refractivity (Wildman–Crippen MR) is 149 cm³/mol. The first-order valence-electron chi connectivity index (χ1n) is 12.4. The van der Waals surface area contributed by atoms with Gasteiger partial charge in [0.2, 0.25) is 0 Å². The van der Waals surface area contributed by atoms with Crippen molar-refractivity contribution >= 4 is 23.4 Å². The lowest BCUT2D eigenvalue weighted by atomic mass is 9.92. The van der Waals surface area contributed by atoms with Gasteiger partial charge in [-0.1, -0.05) is 61.5 Å². The molecule has 0 aliphatic carbocycles. The van der Waals surface area contributed by atoms with Crippen LogP contribution in [-0.2, 0) is 11.3 Å². The number of carbonyl (C=O) groups excluding carboxylic acids is 1. The molecule has 0 radical (unpaired) electrons. The number of rotatable bonds is 9. The summed E-state index contributed by atoms with van der Waals surface area (Å²) in [5.41, 5.74) is 4.91. The summed E-state index contributed by atoms with van der Waals surface area (Å²) < 4.78 is 1.59. The van der Waals surface area contributed by atoms with Crippen LogP contribution >= 0.6 is 0 Å². The number of aliphatic carboxylic acids is 1. The minimum absolute atomic E-state index is 0.0391. The third-order valence-corrected chi connectivity index (χ3v) is 6.44. The van der Waals surface area contributed by atoms with Gasteiger partial charge in [0.05, 0.1) is 13.0 Å². The van der Waals surface area contributed by atoms with E-state index in [1.165, 1.54) is 0 Å². The zero-order chi connectivity index (χ0) is 27.1. The van der Waals surface area contributed by atoms with Gasteiger partial charge >= 0.3 is 12.0 Å². The average molecular weight is 511 g/mol. The number of nitrogens with zero attached hydrogens (tertiary/aromatic N) is 2. The highest BCUT2D eigenvalue weighted by molar-refractivity contribution is 6.00. The predicted octanol–water partition coefficient (Wildman–Crippen LogP) is 5.88. The molecule has 2 amide bonds. The van der Waals surface area contributed by atoms with E-state index in [9.17, 15) is 14.4 Å². The van der Waals surface area contributed by atoms with E-state index in [0.29, 0.717) is 23.5 Å². The van der Waals surface area contributed by atoms with Crippen molar-refractivity contribution in [2.24, 2.45) is 0 Å². The van der Waals surface area contributed by atoms with Crippen LogP contribution in [0.2, 0.25) is 0 Å². The largest absolute Gasteiger partial charge is 0.481 e. The number of urea groups is 1. The maximum atomic E-state index is 13.2. The second-order valence-electron chi connectivity index (χ2n) is 9.12. The van der Waals surface area contributed by atoms with Crippen molar-refractivity contribution in [1.29, 1.82) is 0 Å². The minimum Gasteiger partial charge on any atom is -0.481 e. The fraction of sp³-hybridized carbons (Fsp3) is 0.200. The Balaban J connectivity index is 1.44. The topological polar surface area (TPSA) is 113 Å². The van der Waals surface area contributed by atoms with Crippen LogP contribution in [0.4, 0.5) is 16.2 Å². The Morgan fingerprint density at radius 3 is 2.34 bits per heavy atom. The quantitative estimate of drug-likeness (QED) is 0.260. The maximum Gasteiger partial charge on any atom is 0.323 e. The van der Waals surface area contributed by atoms with Gasteiger partial charge < -0.3 is 20.3 Å². The molecular formula is C30H30N4O4. The third-order valence-electron chi connectivity index (χ3n) is 6.44. The van der Waals surface area contributed by atoms with Crippen molar-refractivity contribution in [2.75, 3.05) is 10.6 Å². The number of anilines is 2. The van der Waals surface area contributed by atoms with Crippen molar-refractivity contribution < 1.29 is 14.7 Å². The summed E-state index contributed by atoms with van der Waals surface area (Å²) in [6.07, 6.45) is 4.07. The first kappa shape index (κ1) is 26.3. The van der Waals surface area contributed by atoms with Gasteiger partial charge in [-0.3, -0.25) is 9.59 Å². The van der Waals surface area contributed by atoms with Crippen molar-refractivity contribution in [3.63, 3.8) is 0 Å². The minimum atomic E-state index is -0.814. The van der Waals surface area contributed by atoms with Gasteiger partial charge in [0.15, 0.2) is 0 Å². The van der Waals surface area contributed by atoms with Gasteiger partial charge in [-0.25, -0.2) is 9.78 Å². The highest BCUT2D eigenvalue weighted by Gasteiger charge is 2.14. The Kier molecular flexibility index (Phi) is 8.33. The Hall–Kier alpha value is -4.72. The molecule has 194 valence electrons. The molecule has 0 bridgehead atoms. The molecule has 3 aromatic carbocycles. The molecule has 0 aliphatic heterocycles. The van der Waals surface area contributed by atoms with Crippen LogP contribution in [0.25, 0.3) is 11.3 Å². The van der Waals surface area contributed by atoms with Crippen LogP contribution in [0, 0.1) is 6.92 Å². The molecule has 0 aliphatic rings. The summed E-state index contributed by atoms with van der Waals surface area (Å²) >= 11 is 0. The Morgan fingerprint density at radius 2 is 1.68 bits per heavy atom. The smallest absolute Gasteiger partial charge is 0.323 e. The molecular weight excluding hydrogens is 480 g/mol. The molecule has 0 spiro atoms. The van der Waals surface area contributed by atoms with Crippen molar-refractivity contribution in [2.45, 2.75) is 39.2 Å². The average Bonchev–Trinajstić information content (AvgIpc) is 2.91. The summed E-state index contributed by atoms with van der Waals surface area (Å²) in [4.78, 5) is 40.9. The number of carboxylic acids is 1. The SMILES string of the molecule is CC[C@H](CC(=O)O)c1ccc(Cn2ccnc(-c3ccc(NC(=O)Nc4ccccc4C)cc3)c2=O)cc1. The van der Waals surface area contributed by atoms with Crippen LogP contribution < -0.4 is 16.2 Å².